The van der Waals surface area contributed by atoms with Crippen LogP contribution in [-0.4, -0.2) is 62.1 Å². The molecule has 190 valence electrons. The number of amides is 2. The van der Waals surface area contributed by atoms with Crippen molar-refractivity contribution in [3.63, 3.8) is 0 Å². The van der Waals surface area contributed by atoms with E-state index in [0.29, 0.717) is 44.2 Å². The lowest BCUT2D eigenvalue weighted by Gasteiger charge is -2.39. The minimum absolute atomic E-state index is 0.0730. The molecule has 4 rings (SSSR count). The normalized spacial score (nSPS) is 25.1. The Morgan fingerprint density at radius 3 is 2.80 bits per heavy atom. The molecule has 8 heteroatoms. The van der Waals surface area contributed by atoms with Gasteiger partial charge < -0.3 is 20.1 Å². The Morgan fingerprint density at radius 1 is 1.20 bits per heavy atom. The first-order chi connectivity index (χ1) is 17.0. The Labute approximate surface area is 206 Å². The maximum absolute atomic E-state index is 15.0. The summed E-state index contributed by atoms with van der Waals surface area (Å²) in [6.07, 6.45) is 1.89. The molecule has 6 nitrogen and oxygen atoms in total. The van der Waals surface area contributed by atoms with Gasteiger partial charge in [-0.3, -0.25) is 4.90 Å². The highest BCUT2D eigenvalue weighted by Crippen LogP contribution is 2.26. The number of nitrogens with one attached hydrogen (secondary N) is 2. The molecule has 2 amide bonds. The van der Waals surface area contributed by atoms with Gasteiger partial charge in [-0.1, -0.05) is 18.2 Å². The number of hydrogen-bond acceptors (Lipinski definition) is 4. The van der Waals surface area contributed by atoms with Crippen molar-refractivity contribution >= 4 is 11.7 Å². The van der Waals surface area contributed by atoms with Crippen molar-refractivity contribution in [1.29, 1.82) is 0 Å². The molecule has 2 heterocycles. The molecule has 0 spiro atoms. The monoisotopic (exact) mass is 487 g/mol. The van der Waals surface area contributed by atoms with E-state index in [0.717, 1.165) is 31.4 Å². The van der Waals surface area contributed by atoms with Crippen LogP contribution in [-0.2, 0) is 11.2 Å². The van der Waals surface area contributed by atoms with Gasteiger partial charge in [-0.15, -0.1) is 0 Å². The first kappa shape index (κ1) is 25.4. The maximum atomic E-state index is 15.0. The van der Waals surface area contributed by atoms with Gasteiger partial charge >= 0.3 is 6.03 Å². The summed E-state index contributed by atoms with van der Waals surface area (Å²) in [5.41, 5.74) is 1.62. The molecule has 35 heavy (non-hydrogen) atoms. The van der Waals surface area contributed by atoms with Gasteiger partial charge in [-0.2, -0.15) is 0 Å². The molecule has 2 aromatic rings. The summed E-state index contributed by atoms with van der Waals surface area (Å²) >= 11 is 0. The molecule has 0 bridgehead atoms. The first-order valence-corrected chi connectivity index (χ1v) is 12.5. The predicted molar refractivity (Wildman–Crippen MR) is 132 cm³/mol. The van der Waals surface area contributed by atoms with Crippen LogP contribution in [0.4, 0.5) is 19.3 Å². The molecular weight excluding hydrogens is 452 g/mol. The van der Waals surface area contributed by atoms with Crippen LogP contribution in [0.1, 0.15) is 31.7 Å². The van der Waals surface area contributed by atoms with Gasteiger partial charge in [0, 0.05) is 31.5 Å². The third-order valence-electron chi connectivity index (χ3n) is 6.77. The summed E-state index contributed by atoms with van der Waals surface area (Å²) in [5, 5.41) is 5.92. The molecule has 2 N–H and O–H groups in total. The van der Waals surface area contributed by atoms with E-state index in [1.165, 1.54) is 12.1 Å². The summed E-state index contributed by atoms with van der Waals surface area (Å²) < 4.78 is 39.7. The van der Waals surface area contributed by atoms with Gasteiger partial charge in [0.05, 0.1) is 18.8 Å². The molecular formula is C27H35F2N3O3. The largest absolute Gasteiger partial charge is 0.494 e. The van der Waals surface area contributed by atoms with Gasteiger partial charge in [-0.05, 0) is 74.9 Å². The summed E-state index contributed by atoms with van der Waals surface area (Å²) in [6, 6.07) is 13.2. The molecule has 2 saturated heterocycles. The standard InChI is InChI=1S/C27H35F2N3O3/c1-2-34-23-6-3-5-22(16-23)30-27(33)31-25-7-4-14-35-26(25)18-32-13-12-20(24(29)17-32)15-19-8-10-21(28)11-9-19/h3,5-6,8-11,16,20,24-26H,2,4,7,12-15,17-18H2,1H3,(H2,30,31,33). The zero-order chi connectivity index (χ0) is 24.6. The molecule has 4 atom stereocenters. The molecule has 0 saturated carbocycles. The van der Waals surface area contributed by atoms with Crippen LogP contribution >= 0.6 is 0 Å². The number of ether oxygens (including phenoxy) is 2. The van der Waals surface area contributed by atoms with Gasteiger partial charge in [-0.25, -0.2) is 13.6 Å². The summed E-state index contributed by atoms with van der Waals surface area (Å²) in [6.45, 7) is 4.80. The Kier molecular flexibility index (Phi) is 8.93. The van der Waals surface area contributed by atoms with E-state index in [-0.39, 0.29) is 29.9 Å². The molecule has 4 unspecified atom stereocenters. The highest BCUT2D eigenvalue weighted by Gasteiger charge is 2.34. The number of carbonyl (C=O) groups excluding carboxylic acids is 1. The number of benzene rings is 2. The van der Waals surface area contributed by atoms with Crippen LogP contribution in [0.25, 0.3) is 0 Å². The number of urea groups is 1. The van der Waals surface area contributed by atoms with Crippen LogP contribution in [0.3, 0.4) is 0 Å². The second-order valence-corrected chi connectivity index (χ2v) is 9.37. The van der Waals surface area contributed by atoms with Gasteiger partial charge in [0.2, 0.25) is 0 Å². The molecule has 0 radical (unpaired) electrons. The Morgan fingerprint density at radius 2 is 2.03 bits per heavy atom. The number of anilines is 1. The van der Waals surface area contributed by atoms with Crippen molar-refractivity contribution in [1.82, 2.24) is 10.2 Å². The third kappa shape index (κ3) is 7.39. The number of carbonyl (C=O) groups is 1. The average molecular weight is 488 g/mol. The van der Waals surface area contributed by atoms with E-state index in [4.69, 9.17) is 9.47 Å². The van der Waals surface area contributed by atoms with Crippen LogP contribution in [0.5, 0.6) is 5.75 Å². The van der Waals surface area contributed by atoms with E-state index >= 15 is 4.39 Å². The topological polar surface area (TPSA) is 62.8 Å². The lowest BCUT2D eigenvalue weighted by molar-refractivity contribution is -0.0370. The van der Waals surface area contributed by atoms with Crippen molar-refractivity contribution < 1.29 is 23.0 Å². The zero-order valence-corrected chi connectivity index (χ0v) is 20.2. The number of piperidine rings is 1. The fraction of sp³-hybridized carbons (Fsp3) is 0.519. The van der Waals surface area contributed by atoms with E-state index < -0.39 is 6.17 Å². The van der Waals surface area contributed by atoms with Crippen LogP contribution in [0, 0.1) is 11.7 Å². The van der Waals surface area contributed by atoms with Crippen molar-refractivity contribution in [2.75, 3.05) is 38.2 Å². The highest BCUT2D eigenvalue weighted by atomic mass is 19.1. The Bertz CT molecular complexity index is 959. The number of nitrogens with zero attached hydrogens (tertiary/aromatic N) is 1. The fourth-order valence-electron chi connectivity index (χ4n) is 4.94. The van der Waals surface area contributed by atoms with E-state index in [9.17, 15) is 9.18 Å². The number of rotatable bonds is 8. The minimum atomic E-state index is -0.954. The first-order valence-electron chi connectivity index (χ1n) is 12.5. The highest BCUT2D eigenvalue weighted by molar-refractivity contribution is 5.89. The molecule has 2 fully saturated rings. The maximum Gasteiger partial charge on any atom is 0.319 e. The number of halogens is 2. The van der Waals surface area contributed by atoms with Crippen molar-refractivity contribution in [3.8, 4) is 5.75 Å². The Hall–Kier alpha value is -2.71. The SMILES string of the molecule is CCOc1cccc(NC(=O)NC2CCCOC2CN2CCC(Cc3ccc(F)cc3)C(F)C2)c1. The van der Waals surface area contributed by atoms with Gasteiger partial charge in [0.1, 0.15) is 17.7 Å². The lowest BCUT2D eigenvalue weighted by atomic mass is 9.88. The van der Waals surface area contributed by atoms with Crippen molar-refractivity contribution in [2.45, 2.75) is 50.9 Å². The molecule has 0 aliphatic carbocycles. The second kappa shape index (κ2) is 12.3. The molecule has 2 aliphatic heterocycles. The zero-order valence-electron chi connectivity index (χ0n) is 20.2. The third-order valence-corrected chi connectivity index (χ3v) is 6.77. The van der Waals surface area contributed by atoms with E-state index in [1.54, 1.807) is 18.2 Å². The number of alkyl halides is 1. The number of hydrogen-bond donors (Lipinski definition) is 2. The van der Waals surface area contributed by atoms with E-state index in [2.05, 4.69) is 15.5 Å². The summed E-state index contributed by atoms with van der Waals surface area (Å²) in [4.78, 5) is 14.8. The average Bonchev–Trinajstić information content (AvgIpc) is 2.84. The Balaban J connectivity index is 1.27. The van der Waals surface area contributed by atoms with Crippen LogP contribution in [0.15, 0.2) is 48.5 Å². The lowest BCUT2D eigenvalue weighted by Crippen LogP contribution is -2.54. The summed E-state index contributed by atoms with van der Waals surface area (Å²) in [7, 11) is 0. The fourth-order valence-corrected chi connectivity index (χ4v) is 4.94. The molecule has 2 aromatic carbocycles. The van der Waals surface area contributed by atoms with Crippen LogP contribution < -0.4 is 15.4 Å². The van der Waals surface area contributed by atoms with Crippen molar-refractivity contribution in [3.05, 3.63) is 59.9 Å². The molecule has 0 aromatic heterocycles. The number of likely N-dealkylation sites (tertiary alicyclic amines) is 1. The van der Waals surface area contributed by atoms with Crippen molar-refractivity contribution in [2.24, 2.45) is 5.92 Å². The minimum Gasteiger partial charge on any atom is -0.494 e. The second-order valence-electron chi connectivity index (χ2n) is 9.37. The smallest absolute Gasteiger partial charge is 0.319 e. The quantitative estimate of drug-likeness (QED) is 0.562. The van der Waals surface area contributed by atoms with E-state index in [1.807, 2.05) is 25.1 Å². The van der Waals surface area contributed by atoms with Gasteiger partial charge in [0.15, 0.2) is 0 Å². The summed E-state index contributed by atoms with van der Waals surface area (Å²) in [5.74, 6) is 0.354. The van der Waals surface area contributed by atoms with Gasteiger partial charge in [0.25, 0.3) is 0 Å². The molecule has 2 aliphatic rings. The predicted octanol–water partition coefficient (Wildman–Crippen LogP) is 4.80. The van der Waals surface area contributed by atoms with Crippen LogP contribution in [0.2, 0.25) is 0 Å².